The molecule has 0 saturated carbocycles. The molecule has 8 heteroatoms. The Hall–Kier alpha value is -3.81. The molecule has 1 fully saturated rings. The maximum atomic E-state index is 13.2. The predicted molar refractivity (Wildman–Crippen MR) is 113 cm³/mol. The normalized spacial score (nSPS) is 14.7. The first-order valence-corrected chi connectivity index (χ1v) is 9.65. The molecular weight excluding hydrogens is 382 g/mol. The number of methoxy groups -OCH3 is 1. The lowest BCUT2D eigenvalue weighted by molar-refractivity contribution is -0.125. The summed E-state index contributed by atoms with van der Waals surface area (Å²) in [6.45, 7) is 0.943. The number of ether oxygens (including phenoxy) is 1. The van der Waals surface area contributed by atoms with Gasteiger partial charge in [0.05, 0.1) is 13.3 Å². The standard InChI is InChI=1S/C22H23N5O3/c1-23-21(28)20(16-4-3-5-19(12-16)30-2)27-11-10-26(22(27)29)18-8-6-15(7-9-18)17-13-24-25-14-17/h3-9,12-14,20H,10-11H2,1-2H3,(H,23,28)(H,24,25). The van der Waals surface area contributed by atoms with Gasteiger partial charge >= 0.3 is 6.03 Å². The van der Waals surface area contributed by atoms with Crippen LogP contribution in [0.1, 0.15) is 11.6 Å². The van der Waals surface area contributed by atoms with E-state index < -0.39 is 6.04 Å². The van der Waals surface area contributed by atoms with Crippen LogP contribution in [-0.2, 0) is 4.79 Å². The molecule has 1 aromatic heterocycles. The fourth-order valence-corrected chi connectivity index (χ4v) is 3.70. The molecule has 154 valence electrons. The predicted octanol–water partition coefficient (Wildman–Crippen LogP) is 2.81. The highest BCUT2D eigenvalue weighted by atomic mass is 16.5. The minimum atomic E-state index is -0.729. The first-order valence-electron chi connectivity index (χ1n) is 9.65. The van der Waals surface area contributed by atoms with Crippen LogP contribution in [0.5, 0.6) is 5.75 Å². The maximum Gasteiger partial charge on any atom is 0.325 e. The van der Waals surface area contributed by atoms with Crippen molar-refractivity contribution < 1.29 is 14.3 Å². The molecule has 8 nitrogen and oxygen atoms in total. The number of nitrogens with one attached hydrogen (secondary N) is 2. The van der Waals surface area contributed by atoms with Gasteiger partial charge in [0, 0.05) is 37.6 Å². The van der Waals surface area contributed by atoms with Crippen LogP contribution in [0.3, 0.4) is 0 Å². The Bertz CT molecular complexity index is 1030. The smallest absolute Gasteiger partial charge is 0.325 e. The molecule has 1 aliphatic heterocycles. The van der Waals surface area contributed by atoms with Crippen molar-refractivity contribution in [3.63, 3.8) is 0 Å². The minimum Gasteiger partial charge on any atom is -0.497 e. The summed E-state index contributed by atoms with van der Waals surface area (Å²) < 4.78 is 5.29. The Balaban J connectivity index is 1.59. The molecule has 0 aliphatic carbocycles. The summed E-state index contributed by atoms with van der Waals surface area (Å²) >= 11 is 0. The lowest BCUT2D eigenvalue weighted by Gasteiger charge is -2.27. The zero-order chi connectivity index (χ0) is 21.1. The van der Waals surface area contributed by atoms with Gasteiger partial charge < -0.3 is 15.0 Å². The molecular formula is C22H23N5O3. The highest BCUT2D eigenvalue weighted by molar-refractivity contribution is 5.98. The number of rotatable bonds is 6. The number of anilines is 1. The molecule has 1 saturated heterocycles. The third kappa shape index (κ3) is 3.59. The van der Waals surface area contributed by atoms with Gasteiger partial charge in [-0.25, -0.2) is 4.79 Å². The molecule has 30 heavy (non-hydrogen) atoms. The van der Waals surface area contributed by atoms with E-state index in [1.165, 1.54) is 0 Å². The number of hydrogen-bond acceptors (Lipinski definition) is 4. The summed E-state index contributed by atoms with van der Waals surface area (Å²) in [5, 5.41) is 9.43. The zero-order valence-electron chi connectivity index (χ0n) is 16.8. The molecule has 2 aromatic carbocycles. The fourth-order valence-electron chi connectivity index (χ4n) is 3.70. The fraction of sp³-hybridized carbons (Fsp3) is 0.227. The van der Waals surface area contributed by atoms with Gasteiger partial charge in [-0.15, -0.1) is 0 Å². The largest absolute Gasteiger partial charge is 0.497 e. The van der Waals surface area contributed by atoms with E-state index in [0.717, 1.165) is 16.8 Å². The Labute approximate surface area is 174 Å². The van der Waals surface area contributed by atoms with Crippen molar-refractivity contribution in [1.82, 2.24) is 20.4 Å². The average molecular weight is 405 g/mol. The van der Waals surface area contributed by atoms with E-state index in [1.54, 1.807) is 36.2 Å². The van der Waals surface area contributed by atoms with E-state index in [4.69, 9.17) is 4.74 Å². The van der Waals surface area contributed by atoms with Gasteiger partial charge in [-0.05, 0) is 35.4 Å². The molecule has 3 amide bonds. The number of carbonyl (C=O) groups is 2. The molecule has 0 spiro atoms. The molecule has 4 rings (SSSR count). The van der Waals surface area contributed by atoms with Gasteiger partial charge in [0.2, 0.25) is 5.91 Å². The van der Waals surface area contributed by atoms with Crippen LogP contribution in [0.15, 0.2) is 60.9 Å². The zero-order valence-corrected chi connectivity index (χ0v) is 16.8. The van der Waals surface area contributed by atoms with Crippen LogP contribution < -0.4 is 15.0 Å². The summed E-state index contributed by atoms with van der Waals surface area (Å²) in [6.07, 6.45) is 3.57. The summed E-state index contributed by atoms with van der Waals surface area (Å²) in [5.41, 5.74) is 3.49. The van der Waals surface area contributed by atoms with Crippen molar-refractivity contribution in [2.75, 3.05) is 32.1 Å². The molecule has 0 bridgehead atoms. The third-order valence-electron chi connectivity index (χ3n) is 5.27. The van der Waals surface area contributed by atoms with E-state index >= 15 is 0 Å². The molecule has 2 N–H and O–H groups in total. The van der Waals surface area contributed by atoms with Crippen LogP contribution in [-0.4, -0.2) is 54.3 Å². The lowest BCUT2D eigenvalue weighted by Crippen LogP contribution is -2.42. The van der Waals surface area contributed by atoms with Crippen LogP contribution in [0.2, 0.25) is 0 Å². The van der Waals surface area contributed by atoms with E-state index in [-0.39, 0.29) is 11.9 Å². The molecule has 1 atom stereocenters. The number of urea groups is 1. The van der Waals surface area contributed by atoms with Crippen molar-refractivity contribution in [3.8, 4) is 16.9 Å². The number of aromatic nitrogens is 2. The maximum absolute atomic E-state index is 13.2. The van der Waals surface area contributed by atoms with Crippen LogP contribution in [0.25, 0.3) is 11.1 Å². The lowest BCUT2D eigenvalue weighted by atomic mass is 10.0. The van der Waals surface area contributed by atoms with Crippen LogP contribution in [0.4, 0.5) is 10.5 Å². The second kappa shape index (κ2) is 8.28. The molecule has 0 radical (unpaired) electrons. The van der Waals surface area contributed by atoms with Crippen molar-refractivity contribution in [3.05, 3.63) is 66.5 Å². The second-order valence-electron chi connectivity index (χ2n) is 6.95. The summed E-state index contributed by atoms with van der Waals surface area (Å²) in [6, 6.07) is 14.0. The van der Waals surface area contributed by atoms with Crippen LogP contribution in [0, 0.1) is 0 Å². The Kier molecular flexibility index (Phi) is 5.38. The molecule has 2 heterocycles. The Morgan fingerprint density at radius 3 is 2.63 bits per heavy atom. The quantitative estimate of drug-likeness (QED) is 0.660. The average Bonchev–Trinajstić information content (AvgIpc) is 3.45. The number of likely N-dealkylation sites (N-methyl/N-ethyl adjacent to an activating group) is 1. The van der Waals surface area contributed by atoms with Gasteiger partial charge in [0.25, 0.3) is 0 Å². The third-order valence-corrected chi connectivity index (χ3v) is 5.27. The van der Waals surface area contributed by atoms with Crippen molar-refractivity contribution in [2.24, 2.45) is 0 Å². The van der Waals surface area contributed by atoms with Crippen molar-refractivity contribution >= 4 is 17.6 Å². The summed E-state index contributed by atoms with van der Waals surface area (Å²) in [4.78, 5) is 29.2. The van der Waals surface area contributed by atoms with Gasteiger partial charge in [-0.3, -0.25) is 14.8 Å². The SMILES string of the molecule is CNC(=O)C(c1cccc(OC)c1)N1CCN(c2ccc(-c3cn[nH]c3)cc2)C1=O. The highest BCUT2D eigenvalue weighted by Gasteiger charge is 2.38. The van der Waals surface area contributed by atoms with E-state index in [1.807, 2.05) is 48.7 Å². The van der Waals surface area contributed by atoms with Gasteiger partial charge in [0.15, 0.2) is 0 Å². The number of H-pyrrole nitrogens is 1. The summed E-state index contributed by atoms with van der Waals surface area (Å²) in [7, 11) is 3.15. The number of amides is 3. The Morgan fingerprint density at radius 1 is 1.17 bits per heavy atom. The molecule has 3 aromatic rings. The van der Waals surface area contributed by atoms with Crippen LogP contribution >= 0.6 is 0 Å². The van der Waals surface area contributed by atoms with Gasteiger partial charge in [-0.2, -0.15) is 5.10 Å². The molecule has 1 aliphatic rings. The first kappa shape index (κ1) is 19.5. The minimum absolute atomic E-state index is 0.206. The van der Waals surface area contributed by atoms with Crippen molar-refractivity contribution in [2.45, 2.75) is 6.04 Å². The summed E-state index contributed by atoms with van der Waals surface area (Å²) in [5.74, 6) is 0.397. The number of nitrogens with zero attached hydrogens (tertiary/aromatic N) is 3. The topological polar surface area (TPSA) is 90.6 Å². The number of benzene rings is 2. The molecule has 1 unspecified atom stereocenters. The first-order chi connectivity index (χ1) is 14.6. The van der Waals surface area contributed by atoms with E-state index in [2.05, 4.69) is 15.5 Å². The number of aromatic amines is 1. The van der Waals surface area contributed by atoms with Gasteiger partial charge in [0.1, 0.15) is 11.8 Å². The second-order valence-corrected chi connectivity index (χ2v) is 6.95. The highest BCUT2D eigenvalue weighted by Crippen LogP contribution is 2.31. The monoisotopic (exact) mass is 405 g/mol. The number of carbonyl (C=O) groups excluding carboxylic acids is 2. The Morgan fingerprint density at radius 2 is 1.97 bits per heavy atom. The van der Waals surface area contributed by atoms with Crippen molar-refractivity contribution in [1.29, 1.82) is 0 Å². The van der Waals surface area contributed by atoms with E-state index in [9.17, 15) is 9.59 Å². The van der Waals surface area contributed by atoms with Gasteiger partial charge in [-0.1, -0.05) is 24.3 Å². The van der Waals surface area contributed by atoms with E-state index in [0.29, 0.717) is 24.4 Å². The number of hydrogen-bond donors (Lipinski definition) is 2.